The van der Waals surface area contributed by atoms with E-state index in [1.165, 1.54) is 13.0 Å². The predicted molar refractivity (Wildman–Crippen MR) is 65.3 cm³/mol. The van der Waals surface area contributed by atoms with Crippen molar-refractivity contribution in [2.75, 3.05) is 6.61 Å². The molecular formula is C10H11BrF2N2O4. The van der Waals surface area contributed by atoms with E-state index >= 15 is 0 Å². The van der Waals surface area contributed by atoms with E-state index in [4.69, 9.17) is 10.5 Å². The SMILES string of the molecule is C[C@H](COc1cc(Br)cn(C(F)F)c1=O)OC(N)=O. The van der Waals surface area contributed by atoms with E-state index in [1.807, 2.05) is 0 Å². The molecule has 0 fully saturated rings. The number of amides is 1. The Kier molecular flexibility index (Phi) is 5.28. The molecule has 0 saturated carbocycles. The number of primary amides is 1. The number of alkyl halides is 2. The topological polar surface area (TPSA) is 83.6 Å². The van der Waals surface area contributed by atoms with Crippen molar-refractivity contribution >= 4 is 22.0 Å². The summed E-state index contributed by atoms with van der Waals surface area (Å²) in [6.07, 6.45) is -0.755. The molecule has 6 nitrogen and oxygen atoms in total. The third-order valence-corrected chi connectivity index (χ3v) is 2.41. The van der Waals surface area contributed by atoms with Gasteiger partial charge in [-0.15, -0.1) is 0 Å². The number of ether oxygens (including phenoxy) is 2. The van der Waals surface area contributed by atoms with Crippen LogP contribution in [0.2, 0.25) is 0 Å². The van der Waals surface area contributed by atoms with Crippen LogP contribution >= 0.6 is 15.9 Å². The Morgan fingerprint density at radius 2 is 2.21 bits per heavy atom. The maximum absolute atomic E-state index is 12.6. The molecule has 0 saturated heterocycles. The molecule has 9 heteroatoms. The molecule has 1 amide bonds. The van der Waals surface area contributed by atoms with Crippen molar-refractivity contribution in [2.45, 2.75) is 19.6 Å². The van der Waals surface area contributed by atoms with Crippen molar-refractivity contribution in [1.82, 2.24) is 4.57 Å². The lowest BCUT2D eigenvalue weighted by Crippen LogP contribution is -2.28. The van der Waals surface area contributed by atoms with Crippen LogP contribution in [0.5, 0.6) is 5.75 Å². The molecule has 0 radical (unpaired) electrons. The first-order valence-corrected chi connectivity index (χ1v) is 5.89. The van der Waals surface area contributed by atoms with Gasteiger partial charge < -0.3 is 15.2 Å². The number of halogens is 3. The van der Waals surface area contributed by atoms with Crippen molar-refractivity contribution < 1.29 is 23.0 Å². The van der Waals surface area contributed by atoms with Crippen LogP contribution < -0.4 is 16.0 Å². The van der Waals surface area contributed by atoms with Gasteiger partial charge in [0.15, 0.2) is 5.75 Å². The summed E-state index contributed by atoms with van der Waals surface area (Å²) in [5.41, 5.74) is 3.81. The normalized spacial score (nSPS) is 12.3. The molecule has 1 aromatic heterocycles. The van der Waals surface area contributed by atoms with Crippen LogP contribution in [0, 0.1) is 0 Å². The molecule has 19 heavy (non-hydrogen) atoms. The monoisotopic (exact) mass is 340 g/mol. The van der Waals surface area contributed by atoms with Crippen LogP contribution in [-0.2, 0) is 4.74 Å². The van der Waals surface area contributed by atoms with Gasteiger partial charge in [0.25, 0.3) is 5.56 Å². The summed E-state index contributed by atoms with van der Waals surface area (Å²) in [5.74, 6) is -0.283. The Balaban J connectivity index is 2.84. The highest BCUT2D eigenvalue weighted by Crippen LogP contribution is 2.18. The lowest BCUT2D eigenvalue weighted by molar-refractivity contribution is 0.0622. The standard InChI is InChI=1S/C10H11BrF2N2O4/c1-5(19-10(14)17)4-18-7-2-6(11)3-15(8(7)16)9(12)13/h2-3,5,9H,4H2,1H3,(H2,14,17)/t5-/m1/s1. The third-order valence-electron chi connectivity index (χ3n) is 1.98. The van der Waals surface area contributed by atoms with Crippen LogP contribution in [0.25, 0.3) is 0 Å². The van der Waals surface area contributed by atoms with Gasteiger partial charge in [0.1, 0.15) is 12.7 Å². The molecule has 1 rings (SSSR count). The van der Waals surface area contributed by atoms with Gasteiger partial charge >= 0.3 is 12.6 Å². The van der Waals surface area contributed by atoms with Crippen molar-refractivity contribution in [3.63, 3.8) is 0 Å². The number of pyridine rings is 1. The molecular weight excluding hydrogens is 330 g/mol. The molecule has 2 N–H and O–H groups in total. The highest BCUT2D eigenvalue weighted by atomic mass is 79.9. The van der Waals surface area contributed by atoms with Crippen molar-refractivity contribution in [1.29, 1.82) is 0 Å². The zero-order valence-corrected chi connectivity index (χ0v) is 11.4. The minimum atomic E-state index is -2.98. The molecule has 0 spiro atoms. The number of carbonyl (C=O) groups excluding carboxylic acids is 1. The van der Waals surface area contributed by atoms with Gasteiger partial charge in [0.05, 0.1) is 0 Å². The third kappa shape index (κ3) is 4.51. The highest BCUT2D eigenvalue weighted by Gasteiger charge is 2.15. The quantitative estimate of drug-likeness (QED) is 0.886. The average molecular weight is 341 g/mol. The molecule has 1 heterocycles. The van der Waals surface area contributed by atoms with Gasteiger partial charge in [-0.1, -0.05) is 0 Å². The van der Waals surface area contributed by atoms with E-state index in [-0.39, 0.29) is 21.4 Å². The largest absolute Gasteiger partial charge is 0.484 e. The van der Waals surface area contributed by atoms with Crippen LogP contribution in [-0.4, -0.2) is 23.4 Å². The average Bonchev–Trinajstić information content (AvgIpc) is 2.28. The Hall–Kier alpha value is -1.64. The van der Waals surface area contributed by atoms with Crippen LogP contribution in [0.4, 0.5) is 13.6 Å². The second-order valence-electron chi connectivity index (χ2n) is 3.57. The lowest BCUT2D eigenvalue weighted by Gasteiger charge is -2.13. The molecule has 106 valence electrons. The van der Waals surface area contributed by atoms with Crippen molar-refractivity contribution in [2.24, 2.45) is 5.73 Å². The van der Waals surface area contributed by atoms with Crippen molar-refractivity contribution in [3.05, 3.63) is 27.1 Å². The summed E-state index contributed by atoms with van der Waals surface area (Å²) in [6.45, 7) is -1.68. The van der Waals surface area contributed by atoms with E-state index in [9.17, 15) is 18.4 Å². The Morgan fingerprint density at radius 3 is 2.74 bits per heavy atom. The Labute approximate surface area is 115 Å². The fourth-order valence-corrected chi connectivity index (χ4v) is 1.66. The van der Waals surface area contributed by atoms with Crippen molar-refractivity contribution in [3.8, 4) is 5.75 Å². The smallest absolute Gasteiger partial charge is 0.404 e. The van der Waals surface area contributed by atoms with E-state index < -0.39 is 24.3 Å². The summed E-state index contributed by atoms with van der Waals surface area (Å²) in [4.78, 5) is 22.1. The zero-order chi connectivity index (χ0) is 14.6. The fraction of sp³-hybridized carbons (Fsp3) is 0.400. The first kappa shape index (κ1) is 15.4. The van der Waals surface area contributed by atoms with E-state index in [0.717, 1.165) is 6.20 Å². The van der Waals surface area contributed by atoms with Gasteiger partial charge in [0, 0.05) is 16.7 Å². The minimum Gasteiger partial charge on any atom is -0.484 e. The fourth-order valence-electron chi connectivity index (χ4n) is 1.23. The van der Waals surface area contributed by atoms with Gasteiger partial charge in [-0.05, 0) is 22.9 Å². The second kappa shape index (κ2) is 6.50. The molecule has 0 aliphatic rings. The first-order chi connectivity index (χ1) is 8.81. The summed E-state index contributed by atoms with van der Waals surface area (Å²) in [5, 5.41) is 0. The first-order valence-electron chi connectivity index (χ1n) is 5.10. The zero-order valence-electron chi connectivity index (χ0n) is 9.81. The molecule has 0 aliphatic carbocycles. The minimum absolute atomic E-state index is 0.183. The Morgan fingerprint density at radius 1 is 1.58 bits per heavy atom. The molecule has 0 unspecified atom stereocenters. The summed E-state index contributed by atoms with van der Waals surface area (Å²) >= 11 is 2.98. The molecule has 0 aliphatic heterocycles. The molecule has 0 bridgehead atoms. The number of hydrogen-bond donors (Lipinski definition) is 1. The number of aromatic nitrogens is 1. The van der Waals surface area contributed by atoms with Gasteiger partial charge in [-0.25, -0.2) is 4.79 Å². The number of rotatable bonds is 5. The van der Waals surface area contributed by atoms with Crippen LogP contribution in [0.3, 0.4) is 0 Å². The summed E-state index contributed by atoms with van der Waals surface area (Å²) in [6, 6.07) is 1.25. The van der Waals surface area contributed by atoms with E-state index in [1.54, 1.807) is 0 Å². The number of nitrogens with zero attached hydrogens (tertiary/aromatic N) is 1. The highest BCUT2D eigenvalue weighted by molar-refractivity contribution is 9.10. The van der Waals surface area contributed by atoms with E-state index in [2.05, 4.69) is 20.7 Å². The molecule has 1 aromatic rings. The maximum atomic E-state index is 12.6. The van der Waals surface area contributed by atoms with Crippen LogP contribution in [0.1, 0.15) is 13.5 Å². The van der Waals surface area contributed by atoms with Crippen LogP contribution in [0.15, 0.2) is 21.5 Å². The lowest BCUT2D eigenvalue weighted by atomic mass is 10.4. The van der Waals surface area contributed by atoms with Gasteiger partial charge in [-0.3, -0.25) is 9.36 Å². The second-order valence-corrected chi connectivity index (χ2v) is 4.49. The summed E-state index contributed by atoms with van der Waals surface area (Å²) in [7, 11) is 0. The van der Waals surface area contributed by atoms with E-state index in [0.29, 0.717) is 0 Å². The Bertz CT molecular complexity index is 521. The maximum Gasteiger partial charge on any atom is 0.404 e. The molecule has 1 atom stereocenters. The predicted octanol–water partition coefficient (Wildman–Crippen LogP) is 1.87. The number of nitrogens with two attached hydrogens (primary N) is 1. The van der Waals surface area contributed by atoms with Gasteiger partial charge in [-0.2, -0.15) is 8.78 Å². The number of hydrogen-bond acceptors (Lipinski definition) is 4. The number of carbonyl (C=O) groups is 1. The molecule has 0 aromatic carbocycles. The summed E-state index contributed by atoms with van der Waals surface area (Å²) < 4.78 is 35.2. The van der Waals surface area contributed by atoms with Gasteiger partial charge in [0.2, 0.25) is 0 Å².